The SMILES string of the molecule is CNC(=O)Cc1ccc(NC(=O)c2cc(-c3ccc(F)cc3)n[nH]2)cc1. The van der Waals surface area contributed by atoms with Gasteiger partial charge in [-0.1, -0.05) is 12.1 Å². The molecular weight excluding hydrogens is 335 g/mol. The third kappa shape index (κ3) is 4.13. The summed E-state index contributed by atoms with van der Waals surface area (Å²) in [6, 6.07) is 14.5. The number of anilines is 1. The van der Waals surface area contributed by atoms with Gasteiger partial charge in [0, 0.05) is 18.3 Å². The third-order valence-electron chi connectivity index (χ3n) is 3.82. The van der Waals surface area contributed by atoms with Crippen molar-refractivity contribution in [3.8, 4) is 11.3 Å². The van der Waals surface area contributed by atoms with Gasteiger partial charge in [0.15, 0.2) is 0 Å². The number of likely N-dealkylation sites (N-methyl/N-ethyl adjacent to an activating group) is 1. The molecule has 0 aliphatic heterocycles. The Morgan fingerprint density at radius 2 is 1.77 bits per heavy atom. The number of hydrogen-bond acceptors (Lipinski definition) is 3. The van der Waals surface area contributed by atoms with Crippen LogP contribution in [0.15, 0.2) is 54.6 Å². The summed E-state index contributed by atoms with van der Waals surface area (Å²) >= 11 is 0. The Bertz CT molecular complexity index is 917. The van der Waals surface area contributed by atoms with E-state index in [0.29, 0.717) is 22.6 Å². The molecule has 3 rings (SSSR count). The van der Waals surface area contributed by atoms with Crippen LogP contribution in [0.2, 0.25) is 0 Å². The number of benzene rings is 2. The standard InChI is InChI=1S/C19H17FN4O2/c1-21-18(25)10-12-2-8-15(9-3-12)22-19(26)17-11-16(23-24-17)13-4-6-14(20)7-5-13/h2-9,11H,10H2,1H3,(H,21,25)(H,22,26)(H,23,24). The van der Waals surface area contributed by atoms with Gasteiger partial charge in [-0.15, -0.1) is 0 Å². The minimum Gasteiger partial charge on any atom is -0.359 e. The smallest absolute Gasteiger partial charge is 0.273 e. The Balaban J connectivity index is 1.66. The highest BCUT2D eigenvalue weighted by molar-refractivity contribution is 6.03. The van der Waals surface area contributed by atoms with E-state index in [1.807, 2.05) is 0 Å². The van der Waals surface area contributed by atoms with Crippen molar-refractivity contribution in [2.45, 2.75) is 6.42 Å². The van der Waals surface area contributed by atoms with Crippen LogP contribution < -0.4 is 10.6 Å². The Kier molecular flexibility index (Phi) is 5.07. The minimum atomic E-state index is -0.343. The zero-order valence-corrected chi connectivity index (χ0v) is 14.0. The lowest BCUT2D eigenvalue weighted by Crippen LogP contribution is -2.19. The highest BCUT2D eigenvalue weighted by Gasteiger charge is 2.11. The molecule has 0 aliphatic rings. The molecule has 6 nitrogen and oxygen atoms in total. The highest BCUT2D eigenvalue weighted by Crippen LogP contribution is 2.19. The van der Waals surface area contributed by atoms with Crippen LogP contribution in [0.25, 0.3) is 11.3 Å². The van der Waals surface area contributed by atoms with Crippen LogP contribution in [0.3, 0.4) is 0 Å². The lowest BCUT2D eigenvalue weighted by Gasteiger charge is -2.05. The first kappa shape index (κ1) is 17.3. The van der Waals surface area contributed by atoms with Crippen LogP contribution in [-0.4, -0.2) is 29.1 Å². The number of nitrogens with zero attached hydrogens (tertiary/aromatic N) is 1. The molecular formula is C19H17FN4O2. The minimum absolute atomic E-state index is 0.0763. The largest absolute Gasteiger partial charge is 0.359 e. The number of nitrogens with one attached hydrogen (secondary N) is 3. The fourth-order valence-corrected chi connectivity index (χ4v) is 2.38. The van der Waals surface area contributed by atoms with Crippen molar-refractivity contribution in [1.82, 2.24) is 15.5 Å². The van der Waals surface area contributed by atoms with Crippen molar-refractivity contribution in [3.63, 3.8) is 0 Å². The lowest BCUT2D eigenvalue weighted by molar-refractivity contribution is -0.119. The van der Waals surface area contributed by atoms with Crippen molar-refractivity contribution in [2.24, 2.45) is 0 Å². The first-order valence-corrected chi connectivity index (χ1v) is 7.97. The average molecular weight is 352 g/mol. The zero-order chi connectivity index (χ0) is 18.5. The number of hydrogen-bond donors (Lipinski definition) is 3. The fraction of sp³-hybridized carbons (Fsp3) is 0.105. The maximum Gasteiger partial charge on any atom is 0.273 e. The summed E-state index contributed by atoms with van der Waals surface area (Å²) in [6.45, 7) is 0. The van der Waals surface area contributed by atoms with E-state index >= 15 is 0 Å². The highest BCUT2D eigenvalue weighted by atomic mass is 19.1. The van der Waals surface area contributed by atoms with E-state index < -0.39 is 0 Å². The lowest BCUT2D eigenvalue weighted by atomic mass is 10.1. The van der Waals surface area contributed by atoms with E-state index in [9.17, 15) is 14.0 Å². The molecule has 26 heavy (non-hydrogen) atoms. The van der Waals surface area contributed by atoms with E-state index in [4.69, 9.17) is 0 Å². The molecule has 0 radical (unpaired) electrons. The first-order valence-electron chi connectivity index (χ1n) is 7.97. The van der Waals surface area contributed by atoms with Gasteiger partial charge < -0.3 is 10.6 Å². The molecule has 0 saturated carbocycles. The van der Waals surface area contributed by atoms with Gasteiger partial charge in [0.2, 0.25) is 5.91 Å². The molecule has 1 heterocycles. The third-order valence-corrected chi connectivity index (χ3v) is 3.82. The molecule has 0 saturated heterocycles. The molecule has 132 valence electrons. The molecule has 0 atom stereocenters. The molecule has 0 bridgehead atoms. The van der Waals surface area contributed by atoms with Crippen molar-refractivity contribution < 1.29 is 14.0 Å². The van der Waals surface area contributed by atoms with Crippen molar-refractivity contribution in [1.29, 1.82) is 0 Å². The fourth-order valence-electron chi connectivity index (χ4n) is 2.38. The summed E-state index contributed by atoms with van der Waals surface area (Å²) in [5, 5.41) is 12.1. The maximum atomic E-state index is 13.0. The Morgan fingerprint density at radius 1 is 1.08 bits per heavy atom. The molecule has 3 aromatic rings. The van der Waals surface area contributed by atoms with Gasteiger partial charge in [0.05, 0.1) is 12.1 Å². The van der Waals surface area contributed by atoms with Gasteiger partial charge in [0.1, 0.15) is 11.5 Å². The number of aromatic amines is 1. The number of rotatable bonds is 5. The molecule has 1 aromatic heterocycles. The number of aromatic nitrogens is 2. The van der Waals surface area contributed by atoms with Gasteiger partial charge >= 0.3 is 0 Å². The van der Waals surface area contributed by atoms with E-state index in [1.165, 1.54) is 12.1 Å². The molecule has 7 heteroatoms. The second-order valence-electron chi connectivity index (χ2n) is 5.67. The van der Waals surface area contributed by atoms with E-state index in [2.05, 4.69) is 20.8 Å². The predicted molar refractivity (Wildman–Crippen MR) is 96.1 cm³/mol. The Hall–Kier alpha value is -3.48. The van der Waals surface area contributed by atoms with E-state index in [-0.39, 0.29) is 24.1 Å². The average Bonchev–Trinajstić information content (AvgIpc) is 3.14. The van der Waals surface area contributed by atoms with Gasteiger partial charge in [-0.2, -0.15) is 5.10 Å². The normalized spacial score (nSPS) is 10.4. The van der Waals surface area contributed by atoms with E-state index in [1.54, 1.807) is 49.5 Å². The first-order chi connectivity index (χ1) is 12.5. The van der Waals surface area contributed by atoms with Gasteiger partial charge in [-0.25, -0.2) is 4.39 Å². The van der Waals surface area contributed by atoms with Crippen molar-refractivity contribution in [2.75, 3.05) is 12.4 Å². The number of amides is 2. The second-order valence-corrected chi connectivity index (χ2v) is 5.67. The van der Waals surface area contributed by atoms with Crippen molar-refractivity contribution in [3.05, 3.63) is 71.7 Å². The number of carbonyl (C=O) groups excluding carboxylic acids is 2. The summed E-state index contributed by atoms with van der Waals surface area (Å²) in [4.78, 5) is 23.7. The summed E-state index contributed by atoms with van der Waals surface area (Å²) in [5.41, 5.74) is 3.01. The maximum absolute atomic E-state index is 13.0. The van der Waals surface area contributed by atoms with Crippen LogP contribution in [0, 0.1) is 5.82 Å². The Morgan fingerprint density at radius 3 is 2.42 bits per heavy atom. The predicted octanol–water partition coefficient (Wildman–Crippen LogP) is 2.76. The zero-order valence-electron chi connectivity index (χ0n) is 14.0. The second kappa shape index (κ2) is 7.60. The summed E-state index contributed by atoms with van der Waals surface area (Å²) in [6.07, 6.45) is 0.284. The number of halogens is 1. The van der Waals surface area contributed by atoms with Crippen LogP contribution in [-0.2, 0) is 11.2 Å². The summed E-state index contributed by atoms with van der Waals surface area (Å²) < 4.78 is 13.0. The van der Waals surface area contributed by atoms with Crippen LogP contribution >= 0.6 is 0 Å². The molecule has 0 spiro atoms. The molecule has 2 amide bonds. The van der Waals surface area contributed by atoms with Gasteiger partial charge in [-0.05, 0) is 48.0 Å². The van der Waals surface area contributed by atoms with Gasteiger partial charge in [0.25, 0.3) is 5.91 Å². The van der Waals surface area contributed by atoms with Crippen LogP contribution in [0.1, 0.15) is 16.1 Å². The number of carbonyl (C=O) groups is 2. The number of H-pyrrole nitrogens is 1. The van der Waals surface area contributed by atoms with E-state index in [0.717, 1.165) is 5.56 Å². The van der Waals surface area contributed by atoms with Crippen LogP contribution in [0.5, 0.6) is 0 Å². The quantitative estimate of drug-likeness (QED) is 0.660. The topological polar surface area (TPSA) is 86.9 Å². The molecule has 3 N–H and O–H groups in total. The molecule has 0 fully saturated rings. The van der Waals surface area contributed by atoms with Crippen LogP contribution in [0.4, 0.5) is 10.1 Å². The molecule has 2 aromatic carbocycles. The van der Waals surface area contributed by atoms with Gasteiger partial charge in [-0.3, -0.25) is 14.7 Å². The molecule has 0 aliphatic carbocycles. The monoisotopic (exact) mass is 352 g/mol. The Labute approximate surface area is 149 Å². The molecule has 0 unspecified atom stereocenters. The summed E-state index contributed by atoms with van der Waals surface area (Å²) in [5.74, 6) is -0.750. The van der Waals surface area contributed by atoms with Crippen molar-refractivity contribution >= 4 is 17.5 Å². The summed E-state index contributed by atoms with van der Waals surface area (Å²) in [7, 11) is 1.58.